The molecule has 1 heterocycles. The molecule has 0 spiro atoms. The maximum absolute atomic E-state index is 5.99. The van der Waals surface area contributed by atoms with Gasteiger partial charge in [-0.3, -0.25) is 4.90 Å². The number of piperazine rings is 1. The van der Waals surface area contributed by atoms with Crippen LogP contribution in [0.3, 0.4) is 0 Å². The van der Waals surface area contributed by atoms with Crippen molar-refractivity contribution in [2.24, 2.45) is 0 Å². The molecular formula is C23H32Cl2N2O2. The second-order valence-electron chi connectivity index (χ2n) is 7.51. The molecule has 4 nitrogen and oxygen atoms in total. The average molecular weight is 439 g/mol. The lowest BCUT2D eigenvalue weighted by Crippen LogP contribution is -2.46. The van der Waals surface area contributed by atoms with E-state index >= 15 is 0 Å². The molecule has 0 atom stereocenters. The summed E-state index contributed by atoms with van der Waals surface area (Å²) in [7, 11) is 1.71. The molecule has 1 aliphatic carbocycles. The first kappa shape index (κ1) is 23.7. The van der Waals surface area contributed by atoms with Crippen LogP contribution in [0.15, 0.2) is 42.5 Å². The lowest BCUT2D eigenvalue weighted by molar-refractivity contribution is 0.224. The first-order chi connectivity index (χ1) is 13.3. The number of rotatable bonds is 7. The van der Waals surface area contributed by atoms with Gasteiger partial charge in [0, 0.05) is 38.4 Å². The van der Waals surface area contributed by atoms with E-state index in [0.717, 1.165) is 57.3 Å². The van der Waals surface area contributed by atoms with Crippen molar-refractivity contribution < 1.29 is 9.47 Å². The van der Waals surface area contributed by atoms with Crippen LogP contribution in [0.1, 0.15) is 24.0 Å². The molecule has 0 aromatic heterocycles. The lowest BCUT2D eigenvalue weighted by atomic mass is 10.1. The zero-order valence-corrected chi connectivity index (χ0v) is 18.8. The summed E-state index contributed by atoms with van der Waals surface area (Å²) in [5.41, 5.74) is 4.29. The molecular weight excluding hydrogens is 407 g/mol. The normalized spacial score (nSPS) is 15.8. The van der Waals surface area contributed by atoms with Crippen LogP contribution in [-0.4, -0.2) is 51.3 Å². The number of anilines is 1. The molecule has 0 saturated carbocycles. The highest BCUT2D eigenvalue weighted by Gasteiger charge is 2.17. The van der Waals surface area contributed by atoms with E-state index in [9.17, 15) is 0 Å². The predicted molar refractivity (Wildman–Crippen MR) is 125 cm³/mol. The van der Waals surface area contributed by atoms with Crippen LogP contribution < -0.4 is 14.4 Å². The molecule has 160 valence electrons. The summed E-state index contributed by atoms with van der Waals surface area (Å²) in [6, 6.07) is 15.0. The van der Waals surface area contributed by atoms with Crippen molar-refractivity contribution in [1.29, 1.82) is 0 Å². The molecule has 4 rings (SSSR count). The van der Waals surface area contributed by atoms with E-state index in [1.54, 1.807) is 7.11 Å². The fourth-order valence-corrected chi connectivity index (χ4v) is 4.14. The van der Waals surface area contributed by atoms with Crippen LogP contribution in [-0.2, 0) is 12.8 Å². The highest BCUT2D eigenvalue weighted by atomic mass is 35.5. The van der Waals surface area contributed by atoms with E-state index in [1.807, 2.05) is 12.1 Å². The second kappa shape index (κ2) is 11.5. The molecule has 2 aliphatic rings. The molecule has 2 aromatic carbocycles. The van der Waals surface area contributed by atoms with Crippen LogP contribution in [0.25, 0.3) is 0 Å². The van der Waals surface area contributed by atoms with Crippen LogP contribution in [0.5, 0.6) is 11.5 Å². The maximum atomic E-state index is 5.99. The Balaban J connectivity index is 0.00000150. The summed E-state index contributed by atoms with van der Waals surface area (Å²) >= 11 is 0. The molecule has 0 amide bonds. The Morgan fingerprint density at radius 3 is 2.24 bits per heavy atom. The van der Waals surface area contributed by atoms with Gasteiger partial charge in [-0.1, -0.05) is 6.07 Å². The minimum absolute atomic E-state index is 0. The Morgan fingerprint density at radius 1 is 0.828 bits per heavy atom. The number of fused-ring (bicyclic) bond motifs is 1. The number of benzene rings is 2. The quantitative estimate of drug-likeness (QED) is 0.588. The van der Waals surface area contributed by atoms with E-state index in [0.29, 0.717) is 0 Å². The molecule has 6 heteroatoms. The van der Waals surface area contributed by atoms with Gasteiger partial charge in [-0.15, -0.1) is 24.8 Å². The van der Waals surface area contributed by atoms with Crippen molar-refractivity contribution in [3.63, 3.8) is 0 Å². The van der Waals surface area contributed by atoms with Crippen molar-refractivity contribution in [1.82, 2.24) is 4.90 Å². The van der Waals surface area contributed by atoms with Crippen molar-refractivity contribution in [3.05, 3.63) is 53.6 Å². The summed E-state index contributed by atoms with van der Waals surface area (Å²) in [4.78, 5) is 5.00. The summed E-state index contributed by atoms with van der Waals surface area (Å²) in [5, 5.41) is 0. The molecule has 0 bridgehead atoms. The fourth-order valence-electron chi connectivity index (χ4n) is 4.14. The van der Waals surface area contributed by atoms with Gasteiger partial charge in [-0.25, -0.2) is 0 Å². The molecule has 0 N–H and O–H groups in total. The number of halogens is 2. The summed E-state index contributed by atoms with van der Waals surface area (Å²) in [6.07, 6.45) is 4.82. The molecule has 29 heavy (non-hydrogen) atoms. The van der Waals surface area contributed by atoms with Gasteiger partial charge in [0.15, 0.2) is 0 Å². The Bertz CT molecular complexity index is 747. The maximum Gasteiger partial charge on any atom is 0.119 e. The topological polar surface area (TPSA) is 24.9 Å². The highest BCUT2D eigenvalue weighted by molar-refractivity contribution is 5.85. The molecule has 2 aromatic rings. The van der Waals surface area contributed by atoms with E-state index in [4.69, 9.17) is 9.47 Å². The molecule has 1 aliphatic heterocycles. The zero-order valence-electron chi connectivity index (χ0n) is 17.1. The van der Waals surface area contributed by atoms with E-state index in [-0.39, 0.29) is 24.8 Å². The van der Waals surface area contributed by atoms with Gasteiger partial charge in [0.05, 0.1) is 13.7 Å². The third kappa shape index (κ3) is 6.18. The number of methoxy groups -OCH3 is 1. The van der Waals surface area contributed by atoms with Gasteiger partial charge in [0.25, 0.3) is 0 Å². The number of aryl methyl sites for hydroxylation is 2. The highest BCUT2D eigenvalue weighted by Crippen LogP contribution is 2.26. The van der Waals surface area contributed by atoms with Crippen LogP contribution in [0.4, 0.5) is 5.69 Å². The third-order valence-corrected chi connectivity index (χ3v) is 5.77. The van der Waals surface area contributed by atoms with Gasteiger partial charge in [-0.2, -0.15) is 0 Å². The van der Waals surface area contributed by atoms with Crippen molar-refractivity contribution >= 4 is 30.5 Å². The summed E-state index contributed by atoms with van der Waals surface area (Å²) in [6.45, 7) is 6.31. The zero-order chi connectivity index (χ0) is 18.5. The Labute approximate surface area is 187 Å². The van der Waals surface area contributed by atoms with Crippen molar-refractivity contribution in [3.8, 4) is 11.5 Å². The molecule has 1 saturated heterocycles. The number of ether oxygens (including phenoxy) is 2. The van der Waals surface area contributed by atoms with Gasteiger partial charge in [0.2, 0.25) is 0 Å². The van der Waals surface area contributed by atoms with Crippen molar-refractivity contribution in [2.45, 2.75) is 25.7 Å². The van der Waals surface area contributed by atoms with E-state index in [2.05, 4.69) is 40.1 Å². The SMILES string of the molecule is COc1ccc(N2CCN(CCCOc3ccc4c(c3)CCC4)CC2)cc1.Cl.Cl. The minimum atomic E-state index is 0. The standard InChI is InChI=1S/C23H30N2O2.2ClH/c1-26-22-10-7-21(8-11-22)25-15-13-24(14-16-25)12-3-17-27-23-9-6-19-4-2-5-20(19)18-23;;/h6-11,18H,2-5,12-17H2,1H3;2*1H. The molecule has 0 radical (unpaired) electrons. The summed E-state index contributed by atoms with van der Waals surface area (Å²) in [5.74, 6) is 1.96. The molecule has 1 fully saturated rings. The second-order valence-corrected chi connectivity index (χ2v) is 7.51. The van der Waals surface area contributed by atoms with Crippen LogP contribution in [0.2, 0.25) is 0 Å². The van der Waals surface area contributed by atoms with Gasteiger partial charge in [-0.05, 0) is 73.2 Å². The Kier molecular flexibility index (Phi) is 9.41. The predicted octanol–water partition coefficient (Wildman–Crippen LogP) is 4.62. The first-order valence-corrected chi connectivity index (χ1v) is 10.2. The smallest absolute Gasteiger partial charge is 0.119 e. The largest absolute Gasteiger partial charge is 0.497 e. The number of hydrogen-bond acceptors (Lipinski definition) is 4. The molecule has 0 unspecified atom stereocenters. The van der Waals surface area contributed by atoms with Gasteiger partial charge in [0.1, 0.15) is 11.5 Å². The van der Waals surface area contributed by atoms with Gasteiger partial charge >= 0.3 is 0 Å². The van der Waals surface area contributed by atoms with Gasteiger partial charge < -0.3 is 14.4 Å². The van der Waals surface area contributed by atoms with Crippen LogP contribution in [0, 0.1) is 0 Å². The number of hydrogen-bond donors (Lipinski definition) is 0. The Hall–Kier alpha value is -1.62. The Morgan fingerprint density at radius 2 is 1.52 bits per heavy atom. The third-order valence-electron chi connectivity index (χ3n) is 5.77. The van der Waals surface area contributed by atoms with E-state index in [1.165, 1.54) is 36.1 Å². The minimum Gasteiger partial charge on any atom is -0.497 e. The average Bonchev–Trinajstić information content (AvgIpc) is 3.20. The van der Waals surface area contributed by atoms with Crippen molar-refractivity contribution in [2.75, 3.05) is 51.3 Å². The fraction of sp³-hybridized carbons (Fsp3) is 0.478. The lowest BCUT2D eigenvalue weighted by Gasteiger charge is -2.36. The monoisotopic (exact) mass is 438 g/mol. The first-order valence-electron chi connectivity index (χ1n) is 10.2. The van der Waals surface area contributed by atoms with E-state index < -0.39 is 0 Å². The van der Waals surface area contributed by atoms with Crippen LogP contribution >= 0.6 is 24.8 Å². The summed E-state index contributed by atoms with van der Waals surface area (Å²) < 4.78 is 11.2. The number of nitrogens with zero attached hydrogens (tertiary/aromatic N) is 2.